The minimum absolute atomic E-state index is 0.0104. The van der Waals surface area contributed by atoms with E-state index >= 15 is 0 Å². The van der Waals surface area contributed by atoms with Gasteiger partial charge in [0.05, 0.1) is 24.9 Å². The van der Waals surface area contributed by atoms with E-state index in [0.29, 0.717) is 18.8 Å². The molecule has 0 bridgehead atoms. The van der Waals surface area contributed by atoms with Crippen molar-refractivity contribution >= 4 is 11.6 Å². The van der Waals surface area contributed by atoms with Gasteiger partial charge in [-0.25, -0.2) is 0 Å². The molecule has 4 rings (SSSR count). The predicted octanol–water partition coefficient (Wildman–Crippen LogP) is 1.03. The zero-order chi connectivity index (χ0) is 18.8. The van der Waals surface area contributed by atoms with Gasteiger partial charge in [0, 0.05) is 45.5 Å². The Morgan fingerprint density at radius 1 is 1.11 bits per heavy atom. The summed E-state index contributed by atoms with van der Waals surface area (Å²) in [7, 11) is 1.69. The van der Waals surface area contributed by atoms with Crippen LogP contribution in [0.4, 0.5) is 5.69 Å². The number of hydrogen-bond donors (Lipinski definition) is 2. The van der Waals surface area contributed by atoms with Gasteiger partial charge in [-0.05, 0) is 24.3 Å². The fourth-order valence-corrected chi connectivity index (χ4v) is 4.11. The zero-order valence-corrected chi connectivity index (χ0v) is 15.5. The highest BCUT2D eigenvalue weighted by molar-refractivity contribution is 5.92. The van der Waals surface area contributed by atoms with Crippen molar-refractivity contribution in [3.05, 3.63) is 48.3 Å². The number of nitrogens with zero attached hydrogens (tertiary/aromatic N) is 3. The first kappa shape index (κ1) is 17.9. The number of aliphatic hydroxyl groups excluding tert-OH is 1. The summed E-state index contributed by atoms with van der Waals surface area (Å²) < 4.78 is 5.48. The van der Waals surface area contributed by atoms with Gasteiger partial charge in [-0.2, -0.15) is 0 Å². The van der Waals surface area contributed by atoms with Crippen LogP contribution in [0.15, 0.2) is 42.6 Å². The molecule has 2 aliphatic heterocycles. The van der Waals surface area contributed by atoms with E-state index in [4.69, 9.17) is 4.74 Å². The Balaban J connectivity index is 1.37. The van der Waals surface area contributed by atoms with Gasteiger partial charge in [-0.15, -0.1) is 0 Å². The number of para-hydroxylation sites is 2. The van der Waals surface area contributed by atoms with Gasteiger partial charge in [0.15, 0.2) is 0 Å². The number of aromatic amines is 1. The molecule has 2 aromatic rings. The molecule has 2 N–H and O–H groups in total. The molecule has 7 heteroatoms. The summed E-state index contributed by atoms with van der Waals surface area (Å²) in [6, 6.07) is 11.6. The molecule has 2 saturated heterocycles. The Morgan fingerprint density at radius 2 is 1.89 bits per heavy atom. The van der Waals surface area contributed by atoms with Crippen LogP contribution in [0.25, 0.3) is 0 Å². The minimum Gasteiger partial charge on any atom is -0.495 e. The Hall–Kier alpha value is -2.51. The second-order valence-electron chi connectivity index (χ2n) is 7.12. The topological polar surface area (TPSA) is 72.0 Å². The zero-order valence-electron chi connectivity index (χ0n) is 15.5. The van der Waals surface area contributed by atoms with Crippen molar-refractivity contribution in [1.29, 1.82) is 0 Å². The normalized spacial score (nSPS) is 23.6. The molecule has 7 nitrogen and oxygen atoms in total. The van der Waals surface area contributed by atoms with E-state index in [0.717, 1.165) is 37.6 Å². The number of likely N-dealkylation sites (tertiary alicyclic amines) is 1. The standard InChI is InChI=1S/C20H26N4O3/c1-27-19-7-3-2-6-16(19)22-9-11-23(12-10-22)17-13-24(14-18(17)25)20(26)15-5-4-8-21-15/h2-8,17-18,21,25H,9-14H2,1H3/t17-,18-/m0/s1. The van der Waals surface area contributed by atoms with Crippen molar-refractivity contribution in [2.45, 2.75) is 12.1 Å². The summed E-state index contributed by atoms with van der Waals surface area (Å²) in [6.45, 7) is 4.39. The second kappa shape index (κ2) is 7.62. The molecular weight excluding hydrogens is 344 g/mol. The molecule has 0 spiro atoms. The van der Waals surface area contributed by atoms with Crippen molar-refractivity contribution in [1.82, 2.24) is 14.8 Å². The number of ether oxygens (including phenoxy) is 1. The first-order chi connectivity index (χ1) is 13.2. The molecule has 2 atom stereocenters. The van der Waals surface area contributed by atoms with Crippen molar-refractivity contribution in [3.8, 4) is 5.75 Å². The van der Waals surface area contributed by atoms with Crippen molar-refractivity contribution in [2.75, 3.05) is 51.3 Å². The Bertz CT molecular complexity index is 771. The minimum atomic E-state index is -0.512. The third kappa shape index (κ3) is 3.52. The fourth-order valence-electron chi connectivity index (χ4n) is 4.11. The lowest BCUT2D eigenvalue weighted by Crippen LogP contribution is -2.53. The Kier molecular flexibility index (Phi) is 5.05. The smallest absolute Gasteiger partial charge is 0.270 e. The number of H-pyrrole nitrogens is 1. The van der Waals surface area contributed by atoms with Gasteiger partial charge in [-0.3, -0.25) is 9.69 Å². The summed E-state index contributed by atoms with van der Waals surface area (Å²) in [6.07, 6.45) is 1.23. The van der Waals surface area contributed by atoms with E-state index in [1.807, 2.05) is 24.3 Å². The number of carbonyl (C=O) groups is 1. The Morgan fingerprint density at radius 3 is 2.59 bits per heavy atom. The van der Waals surface area contributed by atoms with Crippen LogP contribution in [0.2, 0.25) is 0 Å². The summed E-state index contributed by atoms with van der Waals surface area (Å²) in [4.78, 5) is 21.9. The third-order valence-corrected chi connectivity index (χ3v) is 5.58. The van der Waals surface area contributed by atoms with Crippen LogP contribution in [-0.4, -0.2) is 84.3 Å². The molecule has 1 aromatic carbocycles. The summed E-state index contributed by atoms with van der Waals surface area (Å²) >= 11 is 0. The lowest BCUT2D eigenvalue weighted by atomic mass is 10.1. The number of benzene rings is 1. The van der Waals surface area contributed by atoms with Crippen LogP contribution in [-0.2, 0) is 0 Å². The monoisotopic (exact) mass is 370 g/mol. The molecule has 0 aliphatic carbocycles. The lowest BCUT2D eigenvalue weighted by molar-refractivity contribution is 0.0751. The first-order valence-corrected chi connectivity index (χ1v) is 9.40. The lowest BCUT2D eigenvalue weighted by Gasteiger charge is -2.40. The molecule has 3 heterocycles. The van der Waals surface area contributed by atoms with Crippen LogP contribution < -0.4 is 9.64 Å². The number of hydrogen-bond acceptors (Lipinski definition) is 5. The predicted molar refractivity (Wildman–Crippen MR) is 103 cm³/mol. The molecule has 0 radical (unpaired) electrons. The average Bonchev–Trinajstić information content (AvgIpc) is 3.37. The number of anilines is 1. The molecule has 0 unspecified atom stereocenters. The molecule has 144 valence electrons. The van der Waals surface area contributed by atoms with Crippen molar-refractivity contribution in [3.63, 3.8) is 0 Å². The summed E-state index contributed by atoms with van der Waals surface area (Å²) in [5.74, 6) is 0.837. The van der Waals surface area contributed by atoms with Gasteiger partial charge in [0.2, 0.25) is 0 Å². The van der Waals surface area contributed by atoms with Crippen LogP contribution in [0.5, 0.6) is 5.75 Å². The van der Waals surface area contributed by atoms with E-state index in [-0.39, 0.29) is 11.9 Å². The number of methoxy groups -OCH3 is 1. The second-order valence-corrected chi connectivity index (χ2v) is 7.12. The molecule has 1 aromatic heterocycles. The van der Waals surface area contributed by atoms with Crippen LogP contribution >= 0.6 is 0 Å². The molecule has 0 saturated carbocycles. The van der Waals surface area contributed by atoms with E-state index in [1.165, 1.54) is 0 Å². The Labute approximate surface area is 159 Å². The van der Waals surface area contributed by atoms with E-state index in [1.54, 1.807) is 24.3 Å². The number of aromatic nitrogens is 1. The maximum atomic E-state index is 12.5. The van der Waals surface area contributed by atoms with Crippen LogP contribution in [0.1, 0.15) is 10.5 Å². The van der Waals surface area contributed by atoms with Gasteiger partial charge >= 0.3 is 0 Å². The maximum absolute atomic E-state index is 12.5. The summed E-state index contributed by atoms with van der Waals surface area (Å²) in [5.41, 5.74) is 1.68. The quantitative estimate of drug-likeness (QED) is 0.841. The molecule has 1 amide bonds. The van der Waals surface area contributed by atoms with Crippen molar-refractivity contribution in [2.24, 2.45) is 0 Å². The van der Waals surface area contributed by atoms with Crippen LogP contribution in [0, 0.1) is 0 Å². The van der Waals surface area contributed by atoms with Gasteiger partial charge < -0.3 is 24.6 Å². The number of rotatable bonds is 4. The highest BCUT2D eigenvalue weighted by Gasteiger charge is 2.39. The number of nitrogens with one attached hydrogen (secondary N) is 1. The van der Waals surface area contributed by atoms with Crippen molar-refractivity contribution < 1.29 is 14.6 Å². The largest absolute Gasteiger partial charge is 0.495 e. The van der Waals surface area contributed by atoms with Gasteiger partial charge in [0.25, 0.3) is 5.91 Å². The van der Waals surface area contributed by atoms with E-state index in [2.05, 4.69) is 20.9 Å². The fraction of sp³-hybridized carbons (Fsp3) is 0.450. The SMILES string of the molecule is COc1ccccc1N1CCN([C@H]2CN(C(=O)c3ccc[nH]3)C[C@@H]2O)CC1. The maximum Gasteiger partial charge on any atom is 0.270 e. The van der Waals surface area contributed by atoms with Gasteiger partial charge in [-0.1, -0.05) is 12.1 Å². The first-order valence-electron chi connectivity index (χ1n) is 9.40. The molecule has 2 aliphatic rings. The summed E-state index contributed by atoms with van der Waals surface area (Å²) in [5, 5.41) is 10.5. The number of aliphatic hydroxyl groups is 1. The highest BCUT2D eigenvalue weighted by Crippen LogP contribution is 2.29. The molecule has 27 heavy (non-hydrogen) atoms. The number of β-amino-alcohol motifs (C(OH)–C–C–N with tert-alkyl or cyclic N) is 1. The molecule has 2 fully saturated rings. The average molecular weight is 370 g/mol. The van der Waals surface area contributed by atoms with Gasteiger partial charge in [0.1, 0.15) is 11.4 Å². The number of amides is 1. The number of carbonyl (C=O) groups excluding carboxylic acids is 1. The van der Waals surface area contributed by atoms with E-state index < -0.39 is 6.10 Å². The van der Waals surface area contributed by atoms with E-state index in [9.17, 15) is 9.90 Å². The number of piperazine rings is 1. The molecular formula is C20H26N4O3. The van der Waals surface area contributed by atoms with Crippen LogP contribution in [0.3, 0.4) is 0 Å². The third-order valence-electron chi connectivity index (χ3n) is 5.58. The highest BCUT2D eigenvalue weighted by atomic mass is 16.5.